The van der Waals surface area contributed by atoms with E-state index in [1.807, 2.05) is 25.2 Å². The van der Waals surface area contributed by atoms with Crippen molar-refractivity contribution in [3.05, 3.63) is 47.3 Å². The first-order chi connectivity index (χ1) is 12.6. The van der Waals surface area contributed by atoms with Gasteiger partial charge < -0.3 is 9.64 Å². The second-order valence-electron chi connectivity index (χ2n) is 7.24. The summed E-state index contributed by atoms with van der Waals surface area (Å²) in [7, 11) is 3.89. The van der Waals surface area contributed by atoms with Crippen molar-refractivity contribution in [1.29, 1.82) is 0 Å². The first-order valence-electron chi connectivity index (χ1n) is 9.07. The Morgan fingerprint density at radius 1 is 1.27 bits per heavy atom. The third-order valence-corrected chi connectivity index (χ3v) is 5.30. The number of nitrogens with zero attached hydrogens (tertiary/aromatic N) is 5. The minimum atomic E-state index is -0.347. The lowest BCUT2D eigenvalue weighted by molar-refractivity contribution is -0.102. The highest BCUT2D eigenvalue weighted by molar-refractivity contribution is 5.35. The fourth-order valence-electron chi connectivity index (χ4n) is 3.82. The second-order valence-corrected chi connectivity index (χ2v) is 7.24. The number of pyridine rings is 1. The van der Waals surface area contributed by atoms with Crippen LogP contribution in [0.5, 0.6) is 0 Å². The van der Waals surface area contributed by atoms with Gasteiger partial charge in [-0.3, -0.25) is 9.88 Å². The van der Waals surface area contributed by atoms with E-state index in [1.54, 1.807) is 12.3 Å². The Balaban J connectivity index is 1.52. The van der Waals surface area contributed by atoms with Crippen LogP contribution in [0.2, 0.25) is 0 Å². The molecule has 26 heavy (non-hydrogen) atoms. The first-order valence-corrected chi connectivity index (χ1v) is 9.07. The summed E-state index contributed by atoms with van der Waals surface area (Å²) in [4.78, 5) is 17.6. The molecule has 2 aliphatic heterocycles. The van der Waals surface area contributed by atoms with E-state index in [9.17, 15) is 4.39 Å². The molecule has 0 aromatic carbocycles. The number of hydrogen-bond acceptors (Lipinski definition) is 6. The van der Waals surface area contributed by atoms with Crippen LogP contribution in [0.3, 0.4) is 0 Å². The van der Waals surface area contributed by atoms with Gasteiger partial charge in [0.2, 0.25) is 5.95 Å². The molecule has 0 unspecified atom stereocenters. The smallest absolute Gasteiger partial charge is 0.225 e. The summed E-state index contributed by atoms with van der Waals surface area (Å²) in [5, 5.41) is 0. The highest BCUT2D eigenvalue weighted by Gasteiger charge is 2.42. The molecule has 0 aliphatic carbocycles. The maximum absolute atomic E-state index is 13.9. The summed E-state index contributed by atoms with van der Waals surface area (Å²) in [6.45, 7) is 2.89. The Morgan fingerprint density at radius 3 is 2.81 bits per heavy atom. The number of rotatable bonds is 3. The van der Waals surface area contributed by atoms with Gasteiger partial charge in [-0.05, 0) is 37.0 Å². The number of piperidine rings is 1. The lowest BCUT2D eigenvalue weighted by Crippen LogP contribution is -2.47. The lowest BCUT2D eigenvalue weighted by atomic mass is 9.83. The second kappa shape index (κ2) is 6.89. The maximum Gasteiger partial charge on any atom is 0.225 e. The van der Waals surface area contributed by atoms with E-state index in [0.29, 0.717) is 24.8 Å². The van der Waals surface area contributed by atoms with Crippen molar-refractivity contribution < 1.29 is 9.13 Å². The van der Waals surface area contributed by atoms with E-state index in [-0.39, 0.29) is 11.4 Å². The van der Waals surface area contributed by atoms with Crippen molar-refractivity contribution in [3.63, 3.8) is 0 Å². The molecule has 0 radical (unpaired) electrons. The summed E-state index contributed by atoms with van der Waals surface area (Å²) in [5.74, 6) is 0.474. The van der Waals surface area contributed by atoms with Crippen molar-refractivity contribution in [3.8, 4) is 0 Å². The number of hydrogen-bond donors (Lipinski definition) is 0. The van der Waals surface area contributed by atoms with Crippen LogP contribution in [0.4, 0.5) is 10.3 Å². The van der Waals surface area contributed by atoms with Gasteiger partial charge in [0.05, 0.1) is 18.0 Å². The molecule has 0 saturated carbocycles. The van der Waals surface area contributed by atoms with Crippen LogP contribution in [0.1, 0.15) is 29.8 Å². The van der Waals surface area contributed by atoms with Crippen LogP contribution in [0.15, 0.2) is 24.5 Å². The minimum absolute atomic E-state index is 0.240. The largest absolute Gasteiger partial charge is 0.368 e. The Hall–Kier alpha value is -2.12. The van der Waals surface area contributed by atoms with Crippen molar-refractivity contribution in [2.24, 2.45) is 0 Å². The Labute approximate surface area is 153 Å². The van der Waals surface area contributed by atoms with Gasteiger partial charge in [0.25, 0.3) is 0 Å². The highest BCUT2D eigenvalue weighted by Crippen LogP contribution is 2.40. The molecule has 138 valence electrons. The predicted octanol–water partition coefficient (Wildman–Crippen LogP) is 2.14. The van der Waals surface area contributed by atoms with E-state index >= 15 is 0 Å². The summed E-state index contributed by atoms with van der Waals surface area (Å²) >= 11 is 0. The molecule has 1 fully saturated rings. The monoisotopic (exact) mass is 357 g/mol. The fourth-order valence-corrected chi connectivity index (χ4v) is 3.82. The minimum Gasteiger partial charge on any atom is -0.368 e. The molecular weight excluding hydrogens is 333 g/mol. The summed E-state index contributed by atoms with van der Waals surface area (Å²) in [6, 6.07) is 3.09. The fraction of sp³-hybridized carbons (Fsp3) is 0.526. The zero-order valence-electron chi connectivity index (χ0n) is 15.3. The molecule has 2 aliphatic rings. The number of ether oxygens (including phenoxy) is 1. The number of halogens is 1. The van der Waals surface area contributed by atoms with Crippen molar-refractivity contribution in [1.82, 2.24) is 19.9 Å². The molecule has 6 nitrogen and oxygen atoms in total. The van der Waals surface area contributed by atoms with Gasteiger partial charge in [0, 0.05) is 46.1 Å². The van der Waals surface area contributed by atoms with Gasteiger partial charge in [-0.25, -0.2) is 14.4 Å². The van der Waals surface area contributed by atoms with Crippen molar-refractivity contribution in [2.75, 3.05) is 38.7 Å². The Morgan fingerprint density at radius 2 is 2.08 bits per heavy atom. The molecule has 1 saturated heterocycles. The number of fused-ring (bicyclic) bond motifs is 2. The lowest BCUT2D eigenvalue weighted by Gasteiger charge is -2.44. The molecule has 0 amide bonds. The summed E-state index contributed by atoms with van der Waals surface area (Å²) in [5.41, 5.74) is 2.38. The molecule has 0 N–H and O–H groups in total. The Kier molecular flexibility index (Phi) is 4.58. The molecule has 4 rings (SSSR count). The number of likely N-dealkylation sites (tertiary alicyclic amines) is 1. The van der Waals surface area contributed by atoms with Gasteiger partial charge in [0.15, 0.2) is 0 Å². The van der Waals surface area contributed by atoms with Crippen molar-refractivity contribution >= 4 is 5.95 Å². The summed E-state index contributed by atoms with van der Waals surface area (Å²) in [6.07, 6.45) is 6.13. The van der Waals surface area contributed by atoms with Gasteiger partial charge >= 0.3 is 0 Å². The average Bonchev–Trinajstić information content (AvgIpc) is 2.65. The molecular formula is C19H24FN5O. The van der Waals surface area contributed by atoms with E-state index in [1.165, 1.54) is 11.6 Å². The molecule has 2 aromatic heterocycles. The van der Waals surface area contributed by atoms with Crippen LogP contribution in [0.25, 0.3) is 0 Å². The third kappa shape index (κ3) is 3.17. The molecule has 4 heterocycles. The SMILES string of the molecule is CN(C)c1ncc2c(n1)C1(CCN(Cc3ncccc3F)CC1)OCC2. The van der Waals surface area contributed by atoms with Crippen LogP contribution < -0.4 is 4.90 Å². The van der Waals surface area contributed by atoms with Gasteiger partial charge in [-0.1, -0.05) is 0 Å². The molecule has 0 atom stereocenters. The number of anilines is 1. The van der Waals surface area contributed by atoms with E-state index in [2.05, 4.69) is 14.9 Å². The van der Waals surface area contributed by atoms with Gasteiger partial charge in [-0.15, -0.1) is 0 Å². The van der Waals surface area contributed by atoms with Crippen LogP contribution in [-0.4, -0.2) is 53.6 Å². The molecule has 7 heteroatoms. The molecule has 0 bridgehead atoms. The first kappa shape index (κ1) is 17.3. The van der Waals surface area contributed by atoms with Crippen LogP contribution in [-0.2, 0) is 23.3 Å². The topological polar surface area (TPSA) is 54.4 Å². The zero-order chi connectivity index (χ0) is 18.1. The van der Waals surface area contributed by atoms with Crippen molar-refractivity contribution in [2.45, 2.75) is 31.4 Å². The molecule has 1 spiro atoms. The van der Waals surface area contributed by atoms with Gasteiger partial charge in [-0.2, -0.15) is 0 Å². The third-order valence-electron chi connectivity index (χ3n) is 5.30. The van der Waals surface area contributed by atoms with Crippen LogP contribution >= 0.6 is 0 Å². The highest BCUT2D eigenvalue weighted by atomic mass is 19.1. The maximum atomic E-state index is 13.9. The normalized spacial score (nSPS) is 19.3. The molecule has 2 aromatic rings. The van der Waals surface area contributed by atoms with E-state index < -0.39 is 0 Å². The zero-order valence-corrected chi connectivity index (χ0v) is 15.3. The quantitative estimate of drug-likeness (QED) is 0.839. The van der Waals surface area contributed by atoms with Gasteiger partial charge in [0.1, 0.15) is 11.4 Å². The summed E-state index contributed by atoms with van der Waals surface area (Å²) < 4.78 is 20.1. The van der Waals surface area contributed by atoms with E-state index in [4.69, 9.17) is 9.72 Å². The average molecular weight is 357 g/mol. The van der Waals surface area contributed by atoms with E-state index in [0.717, 1.165) is 38.0 Å². The number of aromatic nitrogens is 3. The standard InChI is InChI=1S/C19H24FN5O/c1-24(2)18-22-12-14-5-11-26-19(17(14)23-18)6-9-25(10-7-19)13-16-15(20)4-3-8-21-16/h3-4,8,12H,5-7,9-11,13H2,1-2H3. The van der Waals surface area contributed by atoms with Crippen LogP contribution in [0, 0.1) is 5.82 Å². The Bertz CT molecular complexity index is 789. The predicted molar refractivity (Wildman–Crippen MR) is 96.4 cm³/mol.